The summed E-state index contributed by atoms with van der Waals surface area (Å²) in [5.41, 5.74) is 2.93. The van der Waals surface area contributed by atoms with Gasteiger partial charge < -0.3 is 0 Å². The summed E-state index contributed by atoms with van der Waals surface area (Å²) < 4.78 is 0. The van der Waals surface area contributed by atoms with Gasteiger partial charge in [0.25, 0.3) is 0 Å². The van der Waals surface area contributed by atoms with E-state index in [9.17, 15) is 0 Å². The van der Waals surface area contributed by atoms with Gasteiger partial charge in [0.2, 0.25) is 0 Å². The Labute approximate surface area is 140 Å². The van der Waals surface area contributed by atoms with Gasteiger partial charge in [0.05, 0.1) is 0 Å². The second-order valence-corrected chi connectivity index (χ2v) is 6.69. The van der Waals surface area contributed by atoms with Gasteiger partial charge in [-0.25, -0.2) is 0 Å². The van der Waals surface area contributed by atoms with Crippen molar-refractivity contribution in [2.24, 2.45) is 0 Å². The van der Waals surface area contributed by atoms with E-state index in [1.54, 1.807) is 0 Å². The zero-order valence-corrected chi connectivity index (χ0v) is 15.7. The maximum Gasteiger partial charge on any atom is 0.0169 e. The number of unbranched alkanes of at least 4 members (excludes halogenated alkanes) is 5. The van der Waals surface area contributed by atoms with Crippen molar-refractivity contribution in [1.29, 1.82) is 0 Å². The van der Waals surface area contributed by atoms with Crippen LogP contribution in [0.3, 0.4) is 0 Å². The first kappa shape index (κ1) is 21.2. The Hall–Kier alpha value is -0.820. The van der Waals surface area contributed by atoms with Crippen molar-refractivity contribution >= 4 is 0 Å². The molecule has 0 unspecified atom stereocenters. The highest BCUT2D eigenvalue weighted by Crippen LogP contribution is 2.09. The molecule has 0 amide bonds. The second-order valence-electron chi connectivity index (χ2n) is 6.69. The molecule has 0 fully saturated rings. The fourth-order valence-electron chi connectivity index (χ4n) is 2.53. The summed E-state index contributed by atoms with van der Waals surface area (Å²) >= 11 is 0. The molecule has 0 saturated heterocycles. The van der Waals surface area contributed by atoms with Gasteiger partial charge in [-0.15, -0.1) is 6.58 Å². The first-order chi connectivity index (χ1) is 10.6. The summed E-state index contributed by atoms with van der Waals surface area (Å²) in [5, 5.41) is 0. The van der Waals surface area contributed by atoms with Crippen LogP contribution in [0.1, 0.15) is 79.1 Å². The van der Waals surface area contributed by atoms with Gasteiger partial charge in [0.1, 0.15) is 0 Å². The highest BCUT2D eigenvalue weighted by Gasteiger charge is 2.01. The zero-order chi connectivity index (χ0) is 16.6. The summed E-state index contributed by atoms with van der Waals surface area (Å²) in [4.78, 5) is 2.51. The maximum absolute atomic E-state index is 3.90. The van der Waals surface area contributed by atoms with Crippen LogP contribution in [-0.2, 0) is 0 Å². The lowest BCUT2D eigenvalue weighted by atomic mass is 10.1. The highest BCUT2D eigenvalue weighted by molar-refractivity contribution is 5.03. The molecule has 22 heavy (non-hydrogen) atoms. The maximum atomic E-state index is 3.90. The van der Waals surface area contributed by atoms with E-state index < -0.39 is 0 Å². The predicted molar refractivity (Wildman–Crippen MR) is 102 cm³/mol. The SMILES string of the molecule is C=CCN(C/C=C(\C)CCC=C(C)C)CCCCCCCC. The third kappa shape index (κ3) is 14.1. The molecule has 0 aliphatic carbocycles. The molecule has 128 valence electrons. The topological polar surface area (TPSA) is 3.24 Å². The predicted octanol–water partition coefficient (Wildman–Crippen LogP) is 6.53. The van der Waals surface area contributed by atoms with E-state index in [0.29, 0.717) is 0 Å². The summed E-state index contributed by atoms with van der Waals surface area (Å²) in [6.45, 7) is 16.1. The minimum absolute atomic E-state index is 1.01. The molecule has 0 heterocycles. The Kier molecular flexibility index (Phi) is 14.5. The van der Waals surface area contributed by atoms with Crippen LogP contribution < -0.4 is 0 Å². The third-order valence-electron chi connectivity index (χ3n) is 4.00. The van der Waals surface area contributed by atoms with Gasteiger partial charge in [0.15, 0.2) is 0 Å². The average molecular weight is 306 g/mol. The Morgan fingerprint density at radius 1 is 0.909 bits per heavy atom. The van der Waals surface area contributed by atoms with E-state index in [4.69, 9.17) is 0 Å². The van der Waals surface area contributed by atoms with Crippen molar-refractivity contribution in [1.82, 2.24) is 4.90 Å². The number of rotatable bonds is 14. The standard InChI is InChI=1S/C21H39N/c1-6-8-9-10-11-12-18-22(17-7-2)19-16-21(5)15-13-14-20(3)4/h7,14,16H,2,6,8-13,15,17-19H2,1,3-5H3/b21-16+. The fourth-order valence-corrected chi connectivity index (χ4v) is 2.53. The van der Waals surface area contributed by atoms with Gasteiger partial charge in [-0.05, 0) is 46.6 Å². The van der Waals surface area contributed by atoms with Gasteiger partial charge >= 0.3 is 0 Å². The molecule has 0 rings (SSSR count). The molecule has 0 N–H and O–H groups in total. The van der Waals surface area contributed by atoms with Gasteiger partial charge in [0, 0.05) is 13.1 Å². The lowest BCUT2D eigenvalue weighted by Gasteiger charge is -2.19. The summed E-state index contributed by atoms with van der Waals surface area (Å²) in [7, 11) is 0. The molecule has 0 saturated carbocycles. The molecule has 0 spiro atoms. The van der Waals surface area contributed by atoms with Crippen LogP contribution in [0.5, 0.6) is 0 Å². The highest BCUT2D eigenvalue weighted by atomic mass is 15.1. The van der Waals surface area contributed by atoms with Crippen molar-refractivity contribution in [3.8, 4) is 0 Å². The molecule has 0 aliphatic heterocycles. The van der Waals surface area contributed by atoms with E-state index in [-0.39, 0.29) is 0 Å². The van der Waals surface area contributed by atoms with E-state index in [0.717, 1.165) is 13.1 Å². The van der Waals surface area contributed by atoms with Crippen LogP contribution in [0.25, 0.3) is 0 Å². The summed E-state index contributed by atoms with van der Waals surface area (Å²) in [6.07, 6.45) is 17.3. The fraction of sp³-hybridized carbons (Fsp3) is 0.714. The molecule has 0 aliphatic rings. The Balaban J connectivity index is 3.96. The Bertz CT molecular complexity index is 321. The zero-order valence-electron chi connectivity index (χ0n) is 15.7. The van der Waals surface area contributed by atoms with Gasteiger partial charge in [-0.3, -0.25) is 4.90 Å². The van der Waals surface area contributed by atoms with Crippen LogP contribution >= 0.6 is 0 Å². The van der Waals surface area contributed by atoms with Gasteiger partial charge in [-0.2, -0.15) is 0 Å². The van der Waals surface area contributed by atoms with Gasteiger partial charge in [-0.1, -0.05) is 68.4 Å². The number of allylic oxidation sites excluding steroid dienone is 3. The Morgan fingerprint density at radius 2 is 1.59 bits per heavy atom. The monoisotopic (exact) mass is 305 g/mol. The lowest BCUT2D eigenvalue weighted by molar-refractivity contribution is 0.323. The van der Waals surface area contributed by atoms with E-state index in [2.05, 4.69) is 51.3 Å². The van der Waals surface area contributed by atoms with E-state index >= 15 is 0 Å². The molecule has 1 nitrogen and oxygen atoms in total. The van der Waals surface area contributed by atoms with Crippen LogP contribution in [-0.4, -0.2) is 24.5 Å². The second kappa shape index (κ2) is 15.1. The molecule has 0 aromatic carbocycles. The molecule has 0 aromatic heterocycles. The van der Waals surface area contributed by atoms with E-state index in [1.165, 1.54) is 69.1 Å². The van der Waals surface area contributed by atoms with Crippen molar-refractivity contribution in [2.45, 2.75) is 79.1 Å². The minimum Gasteiger partial charge on any atom is -0.296 e. The van der Waals surface area contributed by atoms with Crippen LogP contribution in [0.4, 0.5) is 0 Å². The first-order valence-electron chi connectivity index (χ1n) is 9.22. The van der Waals surface area contributed by atoms with Crippen LogP contribution in [0, 0.1) is 0 Å². The first-order valence-corrected chi connectivity index (χ1v) is 9.22. The number of hydrogen-bond donors (Lipinski definition) is 0. The largest absolute Gasteiger partial charge is 0.296 e. The quantitative estimate of drug-likeness (QED) is 0.260. The average Bonchev–Trinajstić information content (AvgIpc) is 2.47. The normalized spacial score (nSPS) is 11.8. The van der Waals surface area contributed by atoms with Crippen molar-refractivity contribution in [2.75, 3.05) is 19.6 Å². The van der Waals surface area contributed by atoms with Crippen LogP contribution in [0.2, 0.25) is 0 Å². The summed E-state index contributed by atoms with van der Waals surface area (Å²) in [6, 6.07) is 0. The third-order valence-corrected chi connectivity index (χ3v) is 4.00. The molecule has 0 radical (unpaired) electrons. The molecule has 1 heteroatoms. The molecule has 0 aromatic rings. The Morgan fingerprint density at radius 3 is 2.23 bits per heavy atom. The molecule has 0 bridgehead atoms. The van der Waals surface area contributed by atoms with Crippen molar-refractivity contribution in [3.63, 3.8) is 0 Å². The number of nitrogens with zero attached hydrogens (tertiary/aromatic N) is 1. The summed E-state index contributed by atoms with van der Waals surface area (Å²) in [5.74, 6) is 0. The smallest absolute Gasteiger partial charge is 0.0169 e. The minimum atomic E-state index is 1.01. The van der Waals surface area contributed by atoms with Crippen molar-refractivity contribution < 1.29 is 0 Å². The van der Waals surface area contributed by atoms with E-state index in [1.807, 2.05) is 6.08 Å². The molecular weight excluding hydrogens is 266 g/mol. The van der Waals surface area contributed by atoms with Crippen molar-refractivity contribution in [3.05, 3.63) is 36.0 Å². The number of hydrogen-bond acceptors (Lipinski definition) is 1. The molecule has 0 atom stereocenters. The molecular formula is C21H39N. The lowest BCUT2D eigenvalue weighted by Crippen LogP contribution is -2.25. The van der Waals surface area contributed by atoms with Crippen LogP contribution in [0.15, 0.2) is 36.0 Å².